The van der Waals surface area contributed by atoms with Crippen LogP contribution in [0.15, 0.2) is 15.9 Å². The third kappa shape index (κ3) is 2.27. The first-order chi connectivity index (χ1) is 9.87. The number of hydrogen-bond donors (Lipinski definition) is 2. The summed E-state index contributed by atoms with van der Waals surface area (Å²) >= 11 is 5.06. The van der Waals surface area contributed by atoms with Gasteiger partial charge < -0.3 is 15.8 Å². The van der Waals surface area contributed by atoms with Crippen molar-refractivity contribution in [1.82, 2.24) is 5.32 Å². The minimum Gasteiger partial charge on any atom is -0.377 e. The Balaban J connectivity index is 1.70. The molecule has 1 amide bonds. The summed E-state index contributed by atoms with van der Waals surface area (Å²) in [5, 5.41) is 3.01. The quantitative estimate of drug-likeness (QED) is 0.856. The van der Waals surface area contributed by atoms with Gasteiger partial charge in [0.05, 0.1) is 16.4 Å². The third-order valence-corrected chi connectivity index (χ3v) is 6.74. The Morgan fingerprint density at radius 3 is 3.00 bits per heavy atom. The van der Waals surface area contributed by atoms with Gasteiger partial charge in [0.15, 0.2) is 0 Å². The number of rotatable bonds is 3. The van der Waals surface area contributed by atoms with Gasteiger partial charge in [0.2, 0.25) is 5.91 Å². The average molecular weight is 373 g/mol. The van der Waals surface area contributed by atoms with E-state index in [1.165, 1.54) is 0 Å². The van der Waals surface area contributed by atoms with Crippen molar-refractivity contribution in [2.45, 2.75) is 44.9 Å². The molecule has 3 N–H and O–H groups in total. The molecule has 3 unspecified atom stereocenters. The maximum Gasteiger partial charge on any atom is 0.241 e. The Bertz CT molecular complexity index is 560. The maximum absolute atomic E-state index is 12.7. The molecular weight excluding hydrogens is 352 g/mol. The molecule has 1 aromatic heterocycles. The van der Waals surface area contributed by atoms with E-state index in [0.717, 1.165) is 28.1 Å². The second-order valence-corrected chi connectivity index (χ2v) is 9.07. The molecule has 0 aromatic carbocycles. The first-order valence-corrected chi connectivity index (χ1v) is 8.91. The summed E-state index contributed by atoms with van der Waals surface area (Å²) < 4.78 is 6.91. The molecule has 1 saturated carbocycles. The lowest BCUT2D eigenvalue weighted by Crippen LogP contribution is -2.82. The zero-order chi connectivity index (χ0) is 15.3. The molecule has 6 heteroatoms. The first-order valence-electron chi connectivity index (χ1n) is 7.30. The van der Waals surface area contributed by atoms with Crippen LogP contribution in [0.4, 0.5) is 0 Å². The van der Waals surface area contributed by atoms with Crippen molar-refractivity contribution < 1.29 is 9.53 Å². The Morgan fingerprint density at radius 2 is 2.33 bits per heavy atom. The second-order valence-electron chi connectivity index (χ2n) is 6.52. The molecule has 2 heterocycles. The number of carbonyl (C=O) groups is 1. The fraction of sp³-hybridized carbons (Fsp3) is 0.667. The standard InChI is InChI=1S/C15H21BrN2O2S/c1-14(2)12-10(4-3-7-20-12)15(14,17)13(19)18-8-9-5-6-11(16)21-9/h5-6,10,12H,3-4,7-8,17H2,1-2H3,(H,18,19). The molecular formula is C15H21BrN2O2S. The second kappa shape index (κ2) is 5.33. The highest BCUT2D eigenvalue weighted by Crippen LogP contribution is 2.57. The first kappa shape index (κ1) is 15.5. The number of amides is 1. The lowest BCUT2D eigenvalue weighted by Gasteiger charge is -2.65. The van der Waals surface area contributed by atoms with E-state index in [1.54, 1.807) is 11.3 Å². The Hall–Kier alpha value is -0.430. The monoisotopic (exact) mass is 372 g/mol. The lowest BCUT2D eigenvalue weighted by molar-refractivity contribution is -0.225. The largest absolute Gasteiger partial charge is 0.377 e. The highest BCUT2D eigenvalue weighted by Gasteiger charge is 2.70. The molecule has 3 rings (SSSR count). The van der Waals surface area contributed by atoms with Crippen molar-refractivity contribution in [3.63, 3.8) is 0 Å². The molecule has 0 radical (unpaired) electrons. The van der Waals surface area contributed by atoms with Gasteiger partial charge in [0.1, 0.15) is 5.54 Å². The lowest BCUT2D eigenvalue weighted by atomic mass is 9.46. The van der Waals surface area contributed by atoms with Crippen molar-refractivity contribution in [3.05, 3.63) is 20.8 Å². The zero-order valence-corrected chi connectivity index (χ0v) is 14.7. The van der Waals surface area contributed by atoms with Crippen molar-refractivity contribution in [2.75, 3.05) is 6.61 Å². The van der Waals surface area contributed by atoms with E-state index in [0.29, 0.717) is 6.54 Å². The van der Waals surface area contributed by atoms with Crippen molar-refractivity contribution >= 4 is 33.2 Å². The van der Waals surface area contributed by atoms with Gasteiger partial charge in [0, 0.05) is 22.8 Å². The van der Waals surface area contributed by atoms with Crippen LogP contribution in [0.25, 0.3) is 0 Å². The summed E-state index contributed by atoms with van der Waals surface area (Å²) in [4.78, 5) is 13.8. The fourth-order valence-electron chi connectivity index (χ4n) is 3.80. The third-order valence-electron chi connectivity index (χ3n) is 5.11. The predicted molar refractivity (Wildman–Crippen MR) is 87.0 cm³/mol. The molecule has 2 aliphatic rings. The van der Waals surface area contributed by atoms with E-state index in [9.17, 15) is 4.79 Å². The number of halogens is 1. The van der Waals surface area contributed by atoms with Crippen molar-refractivity contribution in [1.29, 1.82) is 0 Å². The van der Waals surface area contributed by atoms with Crippen LogP contribution in [0.5, 0.6) is 0 Å². The Kier molecular flexibility index (Phi) is 3.93. The molecule has 2 fully saturated rings. The van der Waals surface area contributed by atoms with Crippen LogP contribution in [-0.4, -0.2) is 24.2 Å². The summed E-state index contributed by atoms with van der Waals surface area (Å²) in [5.41, 5.74) is 5.40. The highest BCUT2D eigenvalue weighted by molar-refractivity contribution is 9.11. The van der Waals surface area contributed by atoms with Gasteiger partial charge in [-0.25, -0.2) is 0 Å². The van der Waals surface area contributed by atoms with Crippen LogP contribution in [-0.2, 0) is 16.1 Å². The summed E-state index contributed by atoms with van der Waals surface area (Å²) in [6.07, 6.45) is 2.07. The summed E-state index contributed by atoms with van der Waals surface area (Å²) in [6.45, 7) is 5.40. The number of carbonyl (C=O) groups excluding carboxylic acids is 1. The topological polar surface area (TPSA) is 64.3 Å². The van der Waals surface area contributed by atoms with E-state index >= 15 is 0 Å². The fourth-order valence-corrected chi connectivity index (χ4v) is 5.22. The van der Waals surface area contributed by atoms with Crippen LogP contribution in [0.3, 0.4) is 0 Å². The van der Waals surface area contributed by atoms with E-state index < -0.39 is 5.54 Å². The van der Waals surface area contributed by atoms with Crippen molar-refractivity contribution in [2.24, 2.45) is 17.1 Å². The number of fused-ring (bicyclic) bond motifs is 1. The summed E-state index contributed by atoms with van der Waals surface area (Å²) in [7, 11) is 0. The molecule has 3 atom stereocenters. The number of nitrogens with one attached hydrogen (secondary N) is 1. The van der Waals surface area contributed by atoms with Gasteiger partial charge in [-0.15, -0.1) is 11.3 Å². The van der Waals surface area contributed by atoms with Crippen LogP contribution < -0.4 is 11.1 Å². The molecule has 1 aliphatic carbocycles. The van der Waals surface area contributed by atoms with Gasteiger partial charge in [-0.05, 0) is 40.9 Å². The number of ether oxygens (including phenoxy) is 1. The van der Waals surface area contributed by atoms with E-state index in [2.05, 4.69) is 21.2 Å². The minimum absolute atomic E-state index is 0.0521. The van der Waals surface area contributed by atoms with Crippen molar-refractivity contribution in [3.8, 4) is 0 Å². The summed E-state index contributed by atoms with van der Waals surface area (Å²) in [5.74, 6) is 0.0834. The predicted octanol–water partition coefficient (Wildman–Crippen LogP) is 2.66. The molecule has 1 aliphatic heterocycles. The van der Waals surface area contributed by atoms with Crippen LogP contribution in [0.2, 0.25) is 0 Å². The van der Waals surface area contributed by atoms with Crippen LogP contribution in [0.1, 0.15) is 31.6 Å². The summed E-state index contributed by atoms with van der Waals surface area (Å²) in [6, 6.07) is 4.00. The SMILES string of the molecule is CC1(C)C2OCCCC2C1(N)C(=O)NCc1ccc(Br)s1. The van der Waals surface area contributed by atoms with Gasteiger partial charge in [-0.2, -0.15) is 0 Å². The minimum atomic E-state index is -0.827. The molecule has 1 saturated heterocycles. The average Bonchev–Trinajstić information content (AvgIpc) is 2.89. The number of nitrogens with two attached hydrogens (primary N) is 1. The number of hydrogen-bond acceptors (Lipinski definition) is 4. The molecule has 4 nitrogen and oxygen atoms in total. The molecule has 1 aromatic rings. The van der Waals surface area contributed by atoms with Gasteiger partial charge in [-0.1, -0.05) is 13.8 Å². The highest BCUT2D eigenvalue weighted by atomic mass is 79.9. The van der Waals surface area contributed by atoms with E-state index in [-0.39, 0.29) is 23.3 Å². The Morgan fingerprint density at radius 1 is 1.57 bits per heavy atom. The molecule has 0 bridgehead atoms. The van der Waals surface area contributed by atoms with E-state index in [4.69, 9.17) is 10.5 Å². The molecule has 0 spiro atoms. The molecule has 116 valence electrons. The van der Waals surface area contributed by atoms with Gasteiger partial charge in [0.25, 0.3) is 0 Å². The maximum atomic E-state index is 12.7. The molecule has 21 heavy (non-hydrogen) atoms. The smallest absolute Gasteiger partial charge is 0.241 e. The van der Waals surface area contributed by atoms with E-state index in [1.807, 2.05) is 26.0 Å². The van der Waals surface area contributed by atoms with Crippen LogP contribution in [0, 0.1) is 11.3 Å². The van der Waals surface area contributed by atoms with Gasteiger partial charge in [-0.3, -0.25) is 4.79 Å². The van der Waals surface area contributed by atoms with Gasteiger partial charge >= 0.3 is 0 Å². The normalized spacial score (nSPS) is 33.9. The van der Waals surface area contributed by atoms with Crippen LogP contribution >= 0.6 is 27.3 Å². The zero-order valence-electron chi connectivity index (χ0n) is 12.3. The number of thiophene rings is 1. The Labute approximate surface area is 137 Å².